The highest BCUT2D eigenvalue weighted by Gasteiger charge is 2.28. The van der Waals surface area contributed by atoms with Crippen LogP contribution in [0.15, 0.2) is 0 Å². The molecule has 12 heavy (non-hydrogen) atoms. The molecule has 0 aliphatic heterocycles. The average Bonchev–Trinajstić information content (AvgIpc) is 2.51. The Balaban J connectivity index is 2.36. The van der Waals surface area contributed by atoms with E-state index in [1.54, 1.807) is 0 Å². The number of rotatable bonds is 3. The van der Waals surface area contributed by atoms with E-state index in [2.05, 4.69) is 19.9 Å². The van der Waals surface area contributed by atoms with Crippen LogP contribution in [-0.4, -0.2) is 10.5 Å². The molecule has 1 nitrogen and oxygen atoms in total. The van der Waals surface area contributed by atoms with Crippen molar-refractivity contribution in [1.29, 1.82) is 5.26 Å². The molecule has 1 saturated carbocycles. The Morgan fingerprint density at radius 3 is 2.92 bits per heavy atom. The minimum Gasteiger partial charge on any atom is -0.198 e. The van der Waals surface area contributed by atoms with Gasteiger partial charge >= 0.3 is 0 Å². The zero-order chi connectivity index (χ0) is 8.97. The van der Waals surface area contributed by atoms with E-state index in [4.69, 9.17) is 5.26 Å². The summed E-state index contributed by atoms with van der Waals surface area (Å²) in [5.41, 5.74) is 0. The van der Waals surface area contributed by atoms with Crippen LogP contribution in [0.5, 0.6) is 0 Å². The lowest BCUT2D eigenvalue weighted by Crippen LogP contribution is -2.11. The van der Waals surface area contributed by atoms with Gasteiger partial charge in [-0.2, -0.15) is 17.0 Å². The van der Waals surface area contributed by atoms with Gasteiger partial charge in [-0.05, 0) is 19.3 Å². The van der Waals surface area contributed by atoms with E-state index in [1.807, 2.05) is 11.8 Å². The Morgan fingerprint density at radius 1 is 1.58 bits per heavy atom. The summed E-state index contributed by atoms with van der Waals surface area (Å²) in [6.07, 6.45) is 4.86. The Labute approximate surface area is 79.5 Å². The summed E-state index contributed by atoms with van der Waals surface area (Å²) in [6, 6.07) is 2.42. The van der Waals surface area contributed by atoms with Crippen LogP contribution in [0.1, 0.15) is 39.5 Å². The van der Waals surface area contributed by atoms with Crippen LogP contribution in [0.25, 0.3) is 0 Å². The monoisotopic (exact) mass is 183 g/mol. The minimum absolute atomic E-state index is 0.337. The van der Waals surface area contributed by atoms with Gasteiger partial charge in [0.05, 0.1) is 12.0 Å². The minimum atomic E-state index is 0.337. The van der Waals surface area contributed by atoms with Crippen LogP contribution in [0, 0.1) is 17.2 Å². The molecule has 0 aromatic heterocycles. The number of thioether (sulfide) groups is 1. The van der Waals surface area contributed by atoms with Gasteiger partial charge in [0, 0.05) is 10.5 Å². The van der Waals surface area contributed by atoms with Crippen molar-refractivity contribution < 1.29 is 0 Å². The summed E-state index contributed by atoms with van der Waals surface area (Å²) in [5.74, 6) is 0.337. The summed E-state index contributed by atoms with van der Waals surface area (Å²) in [5, 5.41) is 10.2. The van der Waals surface area contributed by atoms with Gasteiger partial charge in [0.1, 0.15) is 0 Å². The topological polar surface area (TPSA) is 23.8 Å². The highest BCUT2D eigenvalue weighted by Crippen LogP contribution is 2.37. The van der Waals surface area contributed by atoms with Gasteiger partial charge in [-0.3, -0.25) is 0 Å². The SMILES string of the molecule is CCC(C)SC1CCCC1C#N. The fourth-order valence-corrected chi connectivity index (χ4v) is 3.11. The zero-order valence-corrected chi connectivity index (χ0v) is 8.73. The molecule has 2 heteroatoms. The lowest BCUT2D eigenvalue weighted by atomic mass is 10.1. The first-order valence-corrected chi connectivity index (χ1v) is 5.77. The first-order valence-electron chi connectivity index (χ1n) is 4.83. The van der Waals surface area contributed by atoms with Gasteiger partial charge in [-0.25, -0.2) is 0 Å². The molecule has 0 amide bonds. The van der Waals surface area contributed by atoms with Crippen LogP contribution < -0.4 is 0 Å². The average molecular weight is 183 g/mol. The molecule has 1 fully saturated rings. The molecule has 0 heterocycles. The highest BCUT2D eigenvalue weighted by molar-refractivity contribution is 8.00. The van der Waals surface area contributed by atoms with E-state index in [0.29, 0.717) is 11.2 Å². The largest absolute Gasteiger partial charge is 0.198 e. The van der Waals surface area contributed by atoms with Crippen LogP contribution in [0.4, 0.5) is 0 Å². The number of nitriles is 1. The molecule has 3 atom stereocenters. The molecular weight excluding hydrogens is 166 g/mol. The van der Waals surface area contributed by atoms with E-state index < -0.39 is 0 Å². The number of nitrogens with zero attached hydrogens (tertiary/aromatic N) is 1. The molecule has 0 bridgehead atoms. The van der Waals surface area contributed by atoms with Gasteiger partial charge in [-0.15, -0.1) is 0 Å². The number of hydrogen-bond acceptors (Lipinski definition) is 2. The van der Waals surface area contributed by atoms with E-state index in [-0.39, 0.29) is 0 Å². The van der Waals surface area contributed by atoms with Crippen molar-refractivity contribution in [2.45, 2.75) is 50.0 Å². The molecule has 0 spiro atoms. The van der Waals surface area contributed by atoms with Gasteiger partial charge < -0.3 is 0 Å². The van der Waals surface area contributed by atoms with Crippen LogP contribution in [0.3, 0.4) is 0 Å². The maximum Gasteiger partial charge on any atom is 0.0667 e. The Kier molecular flexibility index (Phi) is 3.94. The molecule has 0 saturated heterocycles. The lowest BCUT2D eigenvalue weighted by molar-refractivity contribution is 0.710. The van der Waals surface area contributed by atoms with Crippen molar-refractivity contribution in [1.82, 2.24) is 0 Å². The second kappa shape index (κ2) is 4.77. The molecule has 3 unspecified atom stereocenters. The zero-order valence-electron chi connectivity index (χ0n) is 7.92. The summed E-state index contributed by atoms with van der Waals surface area (Å²) >= 11 is 2.02. The van der Waals surface area contributed by atoms with Crippen molar-refractivity contribution in [3.63, 3.8) is 0 Å². The fourth-order valence-electron chi connectivity index (χ4n) is 1.63. The fraction of sp³-hybridized carbons (Fsp3) is 0.900. The van der Waals surface area contributed by atoms with E-state index in [0.717, 1.165) is 11.7 Å². The van der Waals surface area contributed by atoms with E-state index in [1.165, 1.54) is 19.3 Å². The van der Waals surface area contributed by atoms with Crippen molar-refractivity contribution in [2.24, 2.45) is 5.92 Å². The molecule has 1 aliphatic rings. The third-order valence-electron chi connectivity index (χ3n) is 2.60. The van der Waals surface area contributed by atoms with E-state index >= 15 is 0 Å². The predicted octanol–water partition coefficient (Wildman–Crippen LogP) is 3.21. The van der Waals surface area contributed by atoms with Gasteiger partial charge in [0.25, 0.3) is 0 Å². The molecule has 0 radical (unpaired) electrons. The van der Waals surface area contributed by atoms with Crippen LogP contribution >= 0.6 is 11.8 Å². The standard InChI is InChI=1S/C10H17NS/c1-3-8(2)12-10-6-4-5-9(10)7-11/h8-10H,3-6H2,1-2H3. The quantitative estimate of drug-likeness (QED) is 0.671. The molecule has 0 aromatic carbocycles. The van der Waals surface area contributed by atoms with E-state index in [9.17, 15) is 0 Å². The third-order valence-corrected chi connectivity index (χ3v) is 4.31. The van der Waals surface area contributed by atoms with Crippen LogP contribution in [0.2, 0.25) is 0 Å². The van der Waals surface area contributed by atoms with Crippen molar-refractivity contribution in [3.8, 4) is 6.07 Å². The molecule has 68 valence electrons. The molecule has 0 N–H and O–H groups in total. The maximum atomic E-state index is 8.86. The maximum absolute atomic E-state index is 8.86. The normalized spacial score (nSPS) is 31.4. The first kappa shape index (κ1) is 9.92. The van der Waals surface area contributed by atoms with Crippen molar-refractivity contribution >= 4 is 11.8 Å². The van der Waals surface area contributed by atoms with Crippen LogP contribution in [-0.2, 0) is 0 Å². The van der Waals surface area contributed by atoms with Crippen molar-refractivity contribution in [2.75, 3.05) is 0 Å². The van der Waals surface area contributed by atoms with Crippen molar-refractivity contribution in [3.05, 3.63) is 0 Å². The van der Waals surface area contributed by atoms with Gasteiger partial charge in [-0.1, -0.05) is 20.3 Å². The summed E-state index contributed by atoms with van der Waals surface area (Å²) in [4.78, 5) is 0. The second-order valence-electron chi connectivity index (χ2n) is 3.56. The summed E-state index contributed by atoms with van der Waals surface area (Å²) < 4.78 is 0. The Hall–Kier alpha value is -0.160. The smallest absolute Gasteiger partial charge is 0.0667 e. The summed E-state index contributed by atoms with van der Waals surface area (Å²) in [6.45, 7) is 4.48. The predicted molar refractivity (Wildman–Crippen MR) is 54.1 cm³/mol. The first-order chi connectivity index (χ1) is 5.77. The highest BCUT2D eigenvalue weighted by atomic mass is 32.2. The Morgan fingerprint density at radius 2 is 2.33 bits per heavy atom. The number of hydrogen-bond donors (Lipinski definition) is 0. The lowest BCUT2D eigenvalue weighted by Gasteiger charge is -2.16. The molecular formula is C10H17NS. The molecule has 1 rings (SSSR count). The van der Waals surface area contributed by atoms with Gasteiger partial charge in [0.15, 0.2) is 0 Å². The Bertz CT molecular complexity index is 173. The van der Waals surface area contributed by atoms with Gasteiger partial charge in [0.2, 0.25) is 0 Å². The second-order valence-corrected chi connectivity index (χ2v) is 5.24. The summed E-state index contributed by atoms with van der Waals surface area (Å²) in [7, 11) is 0. The third kappa shape index (κ3) is 2.42. The molecule has 1 aliphatic carbocycles. The molecule has 0 aromatic rings.